The Morgan fingerprint density at radius 1 is 1.52 bits per heavy atom. The van der Waals surface area contributed by atoms with Gasteiger partial charge in [0, 0.05) is 29.7 Å². The van der Waals surface area contributed by atoms with E-state index in [0.29, 0.717) is 25.3 Å². The fourth-order valence-corrected chi connectivity index (χ4v) is 4.49. The molecule has 4 rings (SSSR count). The van der Waals surface area contributed by atoms with Crippen molar-refractivity contribution in [2.75, 3.05) is 19.8 Å². The summed E-state index contributed by atoms with van der Waals surface area (Å²) in [6.07, 6.45) is 9.99. The van der Waals surface area contributed by atoms with Crippen molar-refractivity contribution in [3.8, 4) is 11.8 Å². The van der Waals surface area contributed by atoms with Crippen molar-refractivity contribution in [3.05, 3.63) is 36.0 Å². The van der Waals surface area contributed by atoms with E-state index in [4.69, 9.17) is 9.47 Å². The van der Waals surface area contributed by atoms with Crippen molar-refractivity contribution >= 4 is 5.97 Å². The molecule has 0 radical (unpaired) electrons. The average molecular weight is 311 g/mol. The summed E-state index contributed by atoms with van der Waals surface area (Å²) in [5, 5.41) is 0. The summed E-state index contributed by atoms with van der Waals surface area (Å²) in [5.74, 6) is 6.03. The van der Waals surface area contributed by atoms with E-state index in [9.17, 15) is 4.79 Å². The zero-order valence-corrected chi connectivity index (χ0v) is 13.2. The number of carbonyl (C=O) groups excluding carboxylic acids is 1. The topological polar surface area (TPSA) is 38.8 Å². The van der Waals surface area contributed by atoms with Crippen molar-refractivity contribution in [2.45, 2.75) is 43.4 Å². The number of esters is 1. The van der Waals surface area contributed by atoms with Crippen molar-refractivity contribution in [3.63, 3.8) is 0 Å². The van der Waals surface area contributed by atoms with E-state index in [1.807, 2.05) is 0 Å². The minimum Gasteiger partial charge on any atom is -0.449 e. The van der Waals surface area contributed by atoms with Gasteiger partial charge in [0.05, 0.1) is 12.6 Å². The molecule has 4 aliphatic rings. The highest BCUT2D eigenvalue weighted by atomic mass is 16.6. The maximum Gasteiger partial charge on any atom is 0.332 e. The van der Waals surface area contributed by atoms with Gasteiger partial charge in [-0.2, -0.15) is 0 Å². The second kappa shape index (κ2) is 5.67. The molecule has 3 heterocycles. The zero-order valence-electron chi connectivity index (χ0n) is 13.2. The van der Waals surface area contributed by atoms with Crippen molar-refractivity contribution < 1.29 is 14.3 Å². The molecule has 0 N–H and O–H groups in total. The Labute approximate surface area is 136 Å². The molecule has 3 unspecified atom stereocenters. The Morgan fingerprint density at radius 3 is 3.30 bits per heavy atom. The van der Waals surface area contributed by atoms with Crippen LogP contribution in [0.1, 0.15) is 25.7 Å². The van der Waals surface area contributed by atoms with Gasteiger partial charge in [0.15, 0.2) is 5.60 Å². The number of piperidine rings is 1. The van der Waals surface area contributed by atoms with E-state index < -0.39 is 5.60 Å². The van der Waals surface area contributed by atoms with Gasteiger partial charge >= 0.3 is 5.97 Å². The quantitative estimate of drug-likeness (QED) is 0.346. The Balaban J connectivity index is 1.64. The normalized spacial score (nSPS) is 34.5. The SMILES string of the molecule is C=CCOCC#CC1=CC2CC3(OC(=O)C=C13)C1CCCCN21. The highest BCUT2D eigenvalue weighted by Crippen LogP contribution is 2.53. The fourth-order valence-electron chi connectivity index (χ4n) is 4.49. The molecule has 4 heteroatoms. The third kappa shape index (κ3) is 2.27. The van der Waals surface area contributed by atoms with Gasteiger partial charge in [-0.15, -0.1) is 6.58 Å². The van der Waals surface area contributed by atoms with Crippen LogP contribution in [-0.2, 0) is 14.3 Å². The molecule has 1 spiro atoms. The summed E-state index contributed by atoms with van der Waals surface area (Å²) in [4.78, 5) is 14.5. The summed E-state index contributed by atoms with van der Waals surface area (Å²) in [6, 6.07) is 0.647. The van der Waals surface area contributed by atoms with Crippen LogP contribution in [0, 0.1) is 11.8 Å². The second-order valence-corrected chi connectivity index (χ2v) is 6.58. The molecule has 0 aromatic rings. The Bertz CT molecular complexity index is 666. The molecule has 120 valence electrons. The molecule has 0 aromatic heterocycles. The highest BCUT2D eigenvalue weighted by molar-refractivity contribution is 5.90. The number of hydrogen-bond donors (Lipinski definition) is 0. The van der Waals surface area contributed by atoms with Crippen LogP contribution in [0.25, 0.3) is 0 Å². The number of ether oxygens (including phenoxy) is 2. The van der Waals surface area contributed by atoms with Gasteiger partial charge in [-0.25, -0.2) is 4.79 Å². The van der Waals surface area contributed by atoms with Crippen LogP contribution in [0.3, 0.4) is 0 Å². The molecule has 4 nitrogen and oxygen atoms in total. The molecule has 3 aliphatic heterocycles. The van der Waals surface area contributed by atoms with E-state index >= 15 is 0 Å². The summed E-state index contributed by atoms with van der Waals surface area (Å²) in [5.41, 5.74) is 1.48. The van der Waals surface area contributed by atoms with Gasteiger partial charge in [0.2, 0.25) is 0 Å². The third-order valence-corrected chi connectivity index (χ3v) is 5.30. The first-order chi connectivity index (χ1) is 11.2. The van der Waals surface area contributed by atoms with E-state index in [1.54, 1.807) is 12.2 Å². The number of rotatable bonds is 3. The van der Waals surface area contributed by atoms with Gasteiger partial charge in [0.1, 0.15) is 6.61 Å². The first-order valence-corrected chi connectivity index (χ1v) is 8.35. The van der Waals surface area contributed by atoms with Crippen LogP contribution in [0.4, 0.5) is 0 Å². The van der Waals surface area contributed by atoms with Crippen LogP contribution in [0.5, 0.6) is 0 Å². The smallest absolute Gasteiger partial charge is 0.332 e. The lowest BCUT2D eigenvalue weighted by Gasteiger charge is -2.38. The number of hydrogen-bond acceptors (Lipinski definition) is 4. The van der Waals surface area contributed by atoms with E-state index in [1.165, 1.54) is 12.8 Å². The predicted octanol–water partition coefficient (Wildman–Crippen LogP) is 1.98. The first-order valence-electron chi connectivity index (χ1n) is 8.35. The maximum atomic E-state index is 12.0. The van der Waals surface area contributed by atoms with E-state index in [0.717, 1.165) is 30.5 Å². The Kier molecular flexibility index (Phi) is 3.63. The Morgan fingerprint density at radius 2 is 2.43 bits per heavy atom. The van der Waals surface area contributed by atoms with Crippen LogP contribution < -0.4 is 0 Å². The molecule has 2 fully saturated rings. The van der Waals surface area contributed by atoms with Crippen LogP contribution in [0.2, 0.25) is 0 Å². The molecule has 0 amide bonds. The van der Waals surface area contributed by atoms with Crippen LogP contribution in [-0.4, -0.2) is 48.3 Å². The first kappa shape index (κ1) is 14.7. The maximum absolute atomic E-state index is 12.0. The fraction of sp³-hybridized carbons (Fsp3) is 0.526. The molecule has 0 aromatic carbocycles. The summed E-state index contributed by atoms with van der Waals surface area (Å²) >= 11 is 0. The zero-order chi connectivity index (χ0) is 15.9. The number of carbonyl (C=O) groups is 1. The minimum absolute atomic E-state index is 0.219. The van der Waals surface area contributed by atoms with Gasteiger partial charge in [-0.1, -0.05) is 30.4 Å². The van der Waals surface area contributed by atoms with Crippen molar-refractivity contribution in [1.82, 2.24) is 4.90 Å². The molecule has 2 bridgehead atoms. The summed E-state index contributed by atoms with van der Waals surface area (Å²) in [6.45, 7) is 5.57. The summed E-state index contributed by atoms with van der Waals surface area (Å²) in [7, 11) is 0. The minimum atomic E-state index is -0.455. The lowest BCUT2D eigenvalue weighted by Crippen LogP contribution is -2.48. The number of fused-ring (bicyclic) bond motifs is 3. The lowest BCUT2D eigenvalue weighted by atomic mass is 9.77. The average Bonchev–Trinajstić information content (AvgIpc) is 3.03. The van der Waals surface area contributed by atoms with E-state index in [-0.39, 0.29) is 5.97 Å². The number of nitrogens with zero attached hydrogens (tertiary/aromatic N) is 1. The Hall–Kier alpha value is -1.83. The van der Waals surface area contributed by atoms with Gasteiger partial charge in [-0.05, 0) is 19.4 Å². The predicted molar refractivity (Wildman–Crippen MR) is 86.5 cm³/mol. The van der Waals surface area contributed by atoms with Gasteiger partial charge < -0.3 is 9.47 Å². The standard InChI is InChI=1S/C19H21NO3/c1-2-9-22-10-5-6-14-11-15-13-19(16(14)12-18(21)23-19)17-7-3-4-8-20(15)17/h2,11-12,15,17H,1,3-4,7-10,13H2. The van der Waals surface area contributed by atoms with Crippen LogP contribution >= 0.6 is 0 Å². The highest BCUT2D eigenvalue weighted by Gasteiger charge is 2.61. The molecular weight excluding hydrogens is 290 g/mol. The molecule has 1 aliphatic carbocycles. The largest absolute Gasteiger partial charge is 0.449 e. The summed E-state index contributed by atoms with van der Waals surface area (Å²) < 4.78 is 11.2. The van der Waals surface area contributed by atoms with E-state index in [2.05, 4.69) is 29.4 Å². The van der Waals surface area contributed by atoms with Crippen molar-refractivity contribution in [1.29, 1.82) is 0 Å². The second-order valence-electron chi connectivity index (χ2n) is 6.58. The molecular formula is C19H21NO3. The molecule has 23 heavy (non-hydrogen) atoms. The molecule has 0 saturated carbocycles. The van der Waals surface area contributed by atoms with Gasteiger partial charge in [0.25, 0.3) is 0 Å². The molecule has 2 saturated heterocycles. The molecule has 3 atom stereocenters. The lowest BCUT2D eigenvalue weighted by molar-refractivity contribution is -0.148. The van der Waals surface area contributed by atoms with Gasteiger partial charge in [-0.3, -0.25) is 4.90 Å². The van der Waals surface area contributed by atoms with Crippen molar-refractivity contribution in [2.24, 2.45) is 0 Å². The van der Waals surface area contributed by atoms with Crippen LogP contribution in [0.15, 0.2) is 36.0 Å². The third-order valence-electron chi connectivity index (χ3n) is 5.30. The monoisotopic (exact) mass is 311 g/mol.